The van der Waals surface area contributed by atoms with E-state index in [2.05, 4.69) is 63.8 Å². The van der Waals surface area contributed by atoms with Gasteiger partial charge in [-0.25, -0.2) is 0 Å². The molecule has 3 nitrogen and oxygen atoms in total. The Labute approximate surface area is 184 Å². The molecular weight excluding hydrogens is 448 g/mol. The normalized spacial score (nSPS) is 18.8. The minimum absolute atomic E-state index is 0.00139. The number of aromatic hydroxyl groups is 1. The molecule has 0 bridgehead atoms. The van der Waals surface area contributed by atoms with Crippen molar-refractivity contribution >= 4 is 33.2 Å². The highest BCUT2D eigenvalue weighted by atomic mass is 79.9. The van der Waals surface area contributed by atoms with E-state index in [0.29, 0.717) is 5.75 Å². The van der Waals surface area contributed by atoms with Crippen molar-refractivity contribution < 1.29 is 10.4 Å². The van der Waals surface area contributed by atoms with Gasteiger partial charge in [-0.3, -0.25) is 0 Å². The molecule has 0 saturated carbocycles. The van der Waals surface area contributed by atoms with E-state index >= 15 is 0 Å². The quantitative estimate of drug-likeness (QED) is 0.483. The molecule has 0 radical (unpaired) electrons. The molecule has 4 N–H and O–H groups in total. The first-order chi connectivity index (χ1) is 14.0. The molecule has 1 aliphatic rings. The number of phenols is 1. The zero-order valence-electron chi connectivity index (χ0n) is 16.1. The lowest BCUT2D eigenvalue weighted by molar-refractivity contribution is -0.731. The summed E-state index contributed by atoms with van der Waals surface area (Å²) < 4.78 is 0.947. The second-order valence-corrected chi connectivity index (χ2v) is 8.58. The molecule has 148 valence electrons. The number of benzene rings is 3. The Bertz CT molecular complexity index is 1030. The number of hydrogen-bond donors (Lipinski definition) is 3. The first-order valence-corrected chi connectivity index (χ1v) is 10.9. The van der Waals surface area contributed by atoms with E-state index < -0.39 is 0 Å². The Kier molecular flexibility index (Phi) is 5.95. The summed E-state index contributed by atoms with van der Waals surface area (Å²) >= 11 is 9.62. The number of phenolic OH excluding ortho intramolecular Hbond substituents is 1. The number of hydrogen-bond acceptors (Lipinski definition) is 2. The fraction of sp³-hybridized carbons (Fsp3) is 0.167. The second-order valence-electron chi connectivity index (χ2n) is 7.23. The predicted molar refractivity (Wildman–Crippen MR) is 122 cm³/mol. The van der Waals surface area contributed by atoms with Gasteiger partial charge < -0.3 is 15.7 Å². The Morgan fingerprint density at radius 3 is 2.45 bits per heavy atom. The Morgan fingerprint density at radius 2 is 1.76 bits per heavy atom. The summed E-state index contributed by atoms with van der Waals surface area (Å²) in [6.45, 7) is 2.16. The Morgan fingerprint density at radius 1 is 1.03 bits per heavy atom. The Balaban J connectivity index is 1.75. The van der Waals surface area contributed by atoms with Gasteiger partial charge in [0.25, 0.3) is 0 Å². The number of rotatable bonds is 4. The van der Waals surface area contributed by atoms with Crippen LogP contribution in [-0.4, -0.2) is 5.11 Å². The molecule has 1 heterocycles. The molecule has 29 heavy (non-hydrogen) atoms. The molecule has 0 saturated heterocycles. The summed E-state index contributed by atoms with van der Waals surface area (Å²) in [6, 6.07) is 22.1. The number of nitrogens with two attached hydrogens (primary N) is 1. The van der Waals surface area contributed by atoms with Crippen LogP contribution in [0.3, 0.4) is 0 Å². The van der Waals surface area contributed by atoms with Crippen molar-refractivity contribution in [2.75, 3.05) is 0 Å². The van der Waals surface area contributed by atoms with Gasteiger partial charge in [-0.05, 0) is 60.0 Å². The molecule has 2 atom stereocenters. The van der Waals surface area contributed by atoms with Crippen molar-refractivity contribution in [3.8, 4) is 5.75 Å². The minimum Gasteiger partial charge on any atom is -0.507 e. The van der Waals surface area contributed by atoms with E-state index in [4.69, 9.17) is 11.6 Å². The SMILES string of the molecule is CCc1ccc(C2=CC(c3cc(Br)ccc3O)[NH2+]C(c3ccc(Cl)cc3)N2)cc1. The molecule has 4 rings (SSSR count). The molecule has 0 aliphatic carbocycles. The first-order valence-electron chi connectivity index (χ1n) is 9.70. The summed E-state index contributed by atoms with van der Waals surface area (Å²) in [5, 5.41) is 17.1. The average Bonchev–Trinajstić information content (AvgIpc) is 2.75. The van der Waals surface area contributed by atoms with Gasteiger partial charge in [0.2, 0.25) is 0 Å². The van der Waals surface area contributed by atoms with Gasteiger partial charge in [0.1, 0.15) is 11.8 Å². The molecule has 1 aliphatic heterocycles. The monoisotopic (exact) mass is 469 g/mol. The number of aryl methyl sites for hydroxylation is 1. The second kappa shape index (κ2) is 8.62. The molecule has 0 fully saturated rings. The lowest BCUT2D eigenvalue weighted by Gasteiger charge is -2.30. The molecule has 0 amide bonds. The summed E-state index contributed by atoms with van der Waals surface area (Å²) in [4.78, 5) is 0. The third kappa shape index (κ3) is 4.50. The molecule has 5 heteroatoms. The lowest BCUT2D eigenvalue weighted by atomic mass is 9.97. The maximum Gasteiger partial charge on any atom is 0.186 e. The van der Waals surface area contributed by atoms with Crippen LogP contribution in [0.15, 0.2) is 77.3 Å². The largest absolute Gasteiger partial charge is 0.507 e. The predicted octanol–water partition coefficient (Wildman–Crippen LogP) is 5.32. The number of quaternary nitrogens is 1. The molecule has 2 unspecified atom stereocenters. The zero-order valence-corrected chi connectivity index (χ0v) is 18.4. The summed E-state index contributed by atoms with van der Waals surface area (Å²) in [6.07, 6.45) is 3.19. The highest BCUT2D eigenvalue weighted by Crippen LogP contribution is 2.31. The van der Waals surface area contributed by atoms with E-state index in [9.17, 15) is 5.11 Å². The van der Waals surface area contributed by atoms with Gasteiger partial charge in [-0.15, -0.1) is 0 Å². The van der Waals surface area contributed by atoms with Crippen molar-refractivity contribution in [3.63, 3.8) is 0 Å². The van der Waals surface area contributed by atoms with E-state index in [-0.39, 0.29) is 12.2 Å². The van der Waals surface area contributed by atoms with Crippen LogP contribution in [-0.2, 0) is 6.42 Å². The van der Waals surface area contributed by atoms with E-state index in [1.807, 2.05) is 36.4 Å². The molecular formula is C24H23BrClN2O+. The highest BCUT2D eigenvalue weighted by molar-refractivity contribution is 9.10. The number of nitrogens with one attached hydrogen (secondary N) is 1. The van der Waals surface area contributed by atoms with Gasteiger partial charge in [0.15, 0.2) is 6.17 Å². The first kappa shape index (κ1) is 20.0. The van der Waals surface area contributed by atoms with Crippen molar-refractivity contribution in [2.45, 2.75) is 25.6 Å². The van der Waals surface area contributed by atoms with Crippen molar-refractivity contribution in [2.24, 2.45) is 0 Å². The van der Waals surface area contributed by atoms with Crippen LogP contribution < -0.4 is 10.6 Å². The van der Waals surface area contributed by atoms with Crippen LogP contribution in [0.5, 0.6) is 5.75 Å². The third-order valence-corrected chi connectivity index (χ3v) is 6.05. The molecule has 0 aromatic heterocycles. The smallest absolute Gasteiger partial charge is 0.186 e. The highest BCUT2D eigenvalue weighted by Gasteiger charge is 2.29. The van der Waals surface area contributed by atoms with E-state index in [0.717, 1.165) is 38.3 Å². The standard InChI is InChI=1S/C24H22BrClN2O/c1-2-15-3-5-16(6-4-15)21-14-22(20-13-18(25)9-12-23(20)29)28-24(27-21)17-7-10-19(26)11-8-17/h3-14,22,24,27-29H,2H2,1H3/p+1. The molecule has 3 aromatic carbocycles. The van der Waals surface area contributed by atoms with Crippen LogP contribution >= 0.6 is 27.5 Å². The molecule has 3 aromatic rings. The van der Waals surface area contributed by atoms with Crippen molar-refractivity contribution in [1.82, 2.24) is 5.32 Å². The maximum absolute atomic E-state index is 10.5. The zero-order chi connectivity index (χ0) is 20.4. The third-order valence-electron chi connectivity index (χ3n) is 5.31. The van der Waals surface area contributed by atoms with E-state index in [1.165, 1.54) is 5.56 Å². The fourth-order valence-corrected chi connectivity index (χ4v) is 4.16. The van der Waals surface area contributed by atoms with Crippen molar-refractivity contribution in [1.29, 1.82) is 0 Å². The molecule has 0 spiro atoms. The Hall–Kier alpha value is -2.27. The van der Waals surface area contributed by atoms with Gasteiger partial charge in [0.05, 0.1) is 5.56 Å². The van der Waals surface area contributed by atoms with Gasteiger partial charge in [-0.1, -0.05) is 58.7 Å². The van der Waals surface area contributed by atoms with Gasteiger partial charge in [0, 0.05) is 26.8 Å². The average molecular weight is 471 g/mol. The van der Waals surface area contributed by atoms with Crippen molar-refractivity contribution in [3.05, 3.63) is 105 Å². The minimum atomic E-state index is -0.0321. The lowest BCUT2D eigenvalue weighted by Crippen LogP contribution is -2.89. The van der Waals surface area contributed by atoms with Crippen LogP contribution in [0.2, 0.25) is 5.02 Å². The maximum atomic E-state index is 10.5. The van der Waals surface area contributed by atoms with Crippen LogP contribution in [0.25, 0.3) is 5.70 Å². The summed E-state index contributed by atoms with van der Waals surface area (Å²) in [5.74, 6) is 0.295. The summed E-state index contributed by atoms with van der Waals surface area (Å²) in [7, 11) is 0. The topological polar surface area (TPSA) is 48.9 Å². The van der Waals surface area contributed by atoms with Crippen LogP contribution in [0.4, 0.5) is 0 Å². The van der Waals surface area contributed by atoms with Gasteiger partial charge >= 0.3 is 0 Å². The van der Waals surface area contributed by atoms with Crippen LogP contribution in [0.1, 0.15) is 41.4 Å². The summed E-state index contributed by atoms with van der Waals surface area (Å²) in [5.41, 5.74) is 5.51. The fourth-order valence-electron chi connectivity index (χ4n) is 3.66. The van der Waals surface area contributed by atoms with Crippen LogP contribution in [0, 0.1) is 0 Å². The number of halogens is 2. The van der Waals surface area contributed by atoms with Gasteiger partial charge in [-0.2, -0.15) is 0 Å². The van der Waals surface area contributed by atoms with E-state index in [1.54, 1.807) is 6.07 Å².